The van der Waals surface area contributed by atoms with Gasteiger partial charge in [0, 0.05) is 36.3 Å². The Bertz CT molecular complexity index is 1270. The van der Waals surface area contributed by atoms with Gasteiger partial charge < -0.3 is 20.3 Å². The van der Waals surface area contributed by atoms with Crippen LogP contribution in [0.2, 0.25) is 0 Å². The lowest BCUT2D eigenvalue weighted by Crippen LogP contribution is -2.30. The molecular formula is C24H26BN5O2. The average Bonchev–Trinajstić information content (AvgIpc) is 3.13. The minimum absolute atomic E-state index is 0.476. The summed E-state index contributed by atoms with van der Waals surface area (Å²) in [6, 6.07) is 17.8. The van der Waals surface area contributed by atoms with Crippen LogP contribution >= 0.6 is 0 Å². The predicted molar refractivity (Wildman–Crippen MR) is 127 cm³/mol. The molecule has 5 rings (SSSR count). The number of nitrogens with zero attached hydrogens (tertiary/aromatic N) is 4. The van der Waals surface area contributed by atoms with Crippen molar-refractivity contribution in [2.24, 2.45) is 0 Å². The molecule has 0 fully saturated rings. The van der Waals surface area contributed by atoms with Crippen LogP contribution in [-0.2, 0) is 19.5 Å². The van der Waals surface area contributed by atoms with Gasteiger partial charge in [0.1, 0.15) is 5.82 Å². The molecule has 0 saturated carbocycles. The number of hydrogen-bond acceptors (Lipinski definition) is 6. The molecule has 4 aromatic rings. The van der Waals surface area contributed by atoms with Crippen LogP contribution in [0.1, 0.15) is 22.5 Å². The van der Waals surface area contributed by atoms with E-state index in [2.05, 4.69) is 29.4 Å². The summed E-state index contributed by atoms with van der Waals surface area (Å²) in [5.41, 5.74) is 5.66. The van der Waals surface area contributed by atoms with E-state index in [4.69, 9.17) is 9.97 Å². The second kappa shape index (κ2) is 8.39. The fraction of sp³-hybridized carbons (Fsp3) is 0.250. The highest BCUT2D eigenvalue weighted by molar-refractivity contribution is 6.61. The van der Waals surface area contributed by atoms with Gasteiger partial charge in [0.15, 0.2) is 0 Å². The normalized spacial score (nSPS) is 13.9. The summed E-state index contributed by atoms with van der Waals surface area (Å²) in [7, 11) is 0.572. The summed E-state index contributed by atoms with van der Waals surface area (Å²) in [4.78, 5) is 12.2. The smallest absolute Gasteiger partial charge is 0.423 e. The Morgan fingerprint density at radius 2 is 1.88 bits per heavy atom. The predicted octanol–water partition coefficient (Wildman–Crippen LogP) is 2.01. The quantitative estimate of drug-likeness (QED) is 0.423. The number of aromatic nitrogens is 3. The van der Waals surface area contributed by atoms with Crippen molar-refractivity contribution < 1.29 is 10.0 Å². The maximum absolute atomic E-state index is 9.80. The van der Waals surface area contributed by atoms with Gasteiger partial charge in [0.2, 0.25) is 5.95 Å². The lowest BCUT2D eigenvalue weighted by atomic mass is 9.78. The van der Waals surface area contributed by atoms with Gasteiger partial charge >= 0.3 is 7.12 Å². The molecular weight excluding hydrogens is 401 g/mol. The first-order chi connectivity index (χ1) is 15.5. The molecule has 0 spiro atoms. The van der Waals surface area contributed by atoms with Gasteiger partial charge in [-0.05, 0) is 43.6 Å². The highest BCUT2D eigenvalue weighted by atomic mass is 16.4. The maximum atomic E-state index is 9.80. The van der Waals surface area contributed by atoms with E-state index in [1.165, 1.54) is 11.1 Å². The molecule has 0 saturated heterocycles. The standard InChI is InChI=1S/C24H26BN5O2/c1-16-13-19-20(25(31)32)9-6-10-22(19)30(16)24-27-21-15-29(2)12-11-18(21)23(28-24)26-14-17-7-4-3-5-8-17/h3-10,13,31-32H,11-12,14-15H2,1-2H3,(H,26,27,28). The lowest BCUT2D eigenvalue weighted by Gasteiger charge is -2.26. The number of benzene rings is 2. The molecule has 7 nitrogen and oxygen atoms in total. The van der Waals surface area contributed by atoms with Gasteiger partial charge in [-0.3, -0.25) is 4.57 Å². The van der Waals surface area contributed by atoms with Crippen LogP contribution in [0.3, 0.4) is 0 Å². The van der Waals surface area contributed by atoms with Gasteiger partial charge in [0.25, 0.3) is 0 Å². The second-order valence-electron chi connectivity index (χ2n) is 8.40. The fourth-order valence-electron chi connectivity index (χ4n) is 4.45. The van der Waals surface area contributed by atoms with E-state index in [1.807, 2.05) is 47.9 Å². The zero-order chi connectivity index (χ0) is 22.2. The van der Waals surface area contributed by atoms with Crippen molar-refractivity contribution >= 4 is 29.3 Å². The van der Waals surface area contributed by atoms with Gasteiger partial charge in [-0.15, -0.1) is 0 Å². The van der Waals surface area contributed by atoms with Crippen molar-refractivity contribution in [2.75, 3.05) is 18.9 Å². The topological polar surface area (TPSA) is 86.4 Å². The lowest BCUT2D eigenvalue weighted by molar-refractivity contribution is 0.307. The molecule has 0 atom stereocenters. The van der Waals surface area contributed by atoms with Crippen LogP contribution in [0.5, 0.6) is 0 Å². The van der Waals surface area contributed by atoms with Crippen LogP contribution in [0.15, 0.2) is 54.6 Å². The van der Waals surface area contributed by atoms with Crippen molar-refractivity contribution in [1.29, 1.82) is 0 Å². The van der Waals surface area contributed by atoms with E-state index in [-0.39, 0.29) is 0 Å². The zero-order valence-electron chi connectivity index (χ0n) is 18.3. The Labute approximate surface area is 187 Å². The summed E-state index contributed by atoms with van der Waals surface area (Å²) in [5, 5.41) is 23.9. The summed E-state index contributed by atoms with van der Waals surface area (Å²) in [6.07, 6.45) is 0.898. The number of aryl methyl sites for hydroxylation is 1. The van der Waals surface area contributed by atoms with Gasteiger partial charge in [0.05, 0.1) is 11.2 Å². The Balaban J connectivity index is 1.63. The van der Waals surface area contributed by atoms with Crippen LogP contribution in [0.4, 0.5) is 5.82 Å². The number of hydrogen-bond donors (Lipinski definition) is 3. The molecule has 2 aromatic heterocycles. The third-order valence-corrected chi connectivity index (χ3v) is 6.09. The number of anilines is 1. The van der Waals surface area contributed by atoms with Gasteiger partial charge in [-0.25, -0.2) is 4.98 Å². The molecule has 3 heterocycles. The SMILES string of the molecule is Cc1cc2c(B(O)O)cccc2n1-c1nc2c(c(NCc3ccccc3)n1)CCN(C)C2. The highest BCUT2D eigenvalue weighted by Gasteiger charge is 2.23. The maximum Gasteiger partial charge on any atom is 0.489 e. The molecule has 0 radical (unpaired) electrons. The number of nitrogens with one attached hydrogen (secondary N) is 1. The Morgan fingerprint density at radius 1 is 1.06 bits per heavy atom. The number of rotatable bonds is 5. The monoisotopic (exact) mass is 427 g/mol. The third-order valence-electron chi connectivity index (χ3n) is 6.09. The van der Waals surface area contributed by atoms with Crippen molar-refractivity contribution in [2.45, 2.75) is 26.4 Å². The Morgan fingerprint density at radius 3 is 2.66 bits per heavy atom. The minimum Gasteiger partial charge on any atom is -0.423 e. The molecule has 0 unspecified atom stereocenters. The third kappa shape index (κ3) is 3.77. The molecule has 0 aliphatic carbocycles. The van der Waals surface area contributed by atoms with E-state index in [1.54, 1.807) is 6.07 Å². The molecule has 1 aliphatic rings. The van der Waals surface area contributed by atoms with Crippen LogP contribution in [0.25, 0.3) is 16.9 Å². The molecule has 0 amide bonds. The number of likely N-dealkylation sites (N-methyl/N-ethyl adjacent to an activating group) is 1. The number of fused-ring (bicyclic) bond motifs is 2. The minimum atomic E-state index is -1.53. The summed E-state index contributed by atoms with van der Waals surface area (Å²) < 4.78 is 1.99. The highest BCUT2D eigenvalue weighted by Crippen LogP contribution is 2.27. The molecule has 1 aliphatic heterocycles. The first-order valence-electron chi connectivity index (χ1n) is 10.8. The largest absolute Gasteiger partial charge is 0.489 e. The summed E-state index contributed by atoms with van der Waals surface area (Å²) in [5.74, 6) is 1.45. The summed E-state index contributed by atoms with van der Waals surface area (Å²) in [6.45, 7) is 4.41. The molecule has 0 bridgehead atoms. The Hall–Kier alpha value is -3.20. The van der Waals surface area contributed by atoms with Crippen molar-refractivity contribution in [1.82, 2.24) is 19.4 Å². The van der Waals surface area contributed by atoms with Crippen molar-refractivity contribution in [3.63, 3.8) is 0 Å². The molecule has 2 aromatic carbocycles. The summed E-state index contributed by atoms with van der Waals surface area (Å²) >= 11 is 0. The average molecular weight is 427 g/mol. The molecule has 3 N–H and O–H groups in total. The molecule has 32 heavy (non-hydrogen) atoms. The van der Waals surface area contributed by atoms with E-state index in [0.29, 0.717) is 18.0 Å². The van der Waals surface area contributed by atoms with Gasteiger partial charge in [-0.1, -0.05) is 42.5 Å². The van der Waals surface area contributed by atoms with Crippen molar-refractivity contribution in [3.05, 3.63) is 77.1 Å². The molecule has 162 valence electrons. The van der Waals surface area contributed by atoms with Crippen molar-refractivity contribution in [3.8, 4) is 5.95 Å². The van der Waals surface area contributed by atoms with E-state index in [0.717, 1.165) is 47.6 Å². The van der Waals surface area contributed by atoms with Crippen LogP contribution < -0.4 is 10.8 Å². The zero-order valence-corrected chi connectivity index (χ0v) is 18.3. The molecule has 8 heteroatoms. The Kier molecular flexibility index (Phi) is 5.42. The van der Waals surface area contributed by atoms with Gasteiger partial charge in [-0.2, -0.15) is 4.98 Å². The van der Waals surface area contributed by atoms with E-state index < -0.39 is 7.12 Å². The first kappa shape index (κ1) is 20.7. The van der Waals surface area contributed by atoms with Crippen LogP contribution in [-0.4, -0.2) is 50.2 Å². The van der Waals surface area contributed by atoms with E-state index >= 15 is 0 Å². The fourth-order valence-corrected chi connectivity index (χ4v) is 4.45. The van der Waals surface area contributed by atoms with Crippen LogP contribution in [0, 0.1) is 6.92 Å². The van der Waals surface area contributed by atoms with E-state index in [9.17, 15) is 10.0 Å². The first-order valence-corrected chi connectivity index (χ1v) is 10.8. The second-order valence-corrected chi connectivity index (χ2v) is 8.40.